The van der Waals surface area contributed by atoms with Gasteiger partial charge in [0.05, 0.1) is 10.4 Å². The molecule has 0 atom stereocenters. The summed E-state index contributed by atoms with van der Waals surface area (Å²) in [6.45, 7) is 2.84. The Morgan fingerprint density at radius 2 is 2.17 bits per heavy atom. The van der Waals surface area contributed by atoms with E-state index in [2.05, 4.69) is 10.1 Å². The summed E-state index contributed by atoms with van der Waals surface area (Å²) in [5, 5.41) is 3.70. The molecule has 2 aromatic heterocycles. The van der Waals surface area contributed by atoms with Gasteiger partial charge in [0.1, 0.15) is 10.8 Å². The lowest BCUT2D eigenvalue weighted by Gasteiger charge is -2.30. The first-order valence-corrected chi connectivity index (χ1v) is 9.75. The predicted molar refractivity (Wildman–Crippen MR) is 84.9 cm³/mol. The van der Waals surface area contributed by atoms with Crippen molar-refractivity contribution in [3.8, 4) is 0 Å². The van der Waals surface area contributed by atoms with E-state index in [-0.39, 0.29) is 16.9 Å². The zero-order valence-corrected chi connectivity index (χ0v) is 14.8. The van der Waals surface area contributed by atoms with Crippen molar-refractivity contribution in [1.29, 1.82) is 0 Å². The molecule has 1 fully saturated rings. The summed E-state index contributed by atoms with van der Waals surface area (Å²) in [5.41, 5.74) is 0. The molecule has 0 amide bonds. The third-order valence-corrected chi connectivity index (χ3v) is 7.15. The quantitative estimate of drug-likeness (QED) is 0.795. The maximum absolute atomic E-state index is 12.5. The second kappa shape index (κ2) is 6.86. The van der Waals surface area contributed by atoms with Gasteiger partial charge in [0.2, 0.25) is 0 Å². The first kappa shape index (κ1) is 16.8. The van der Waals surface area contributed by atoms with Crippen LogP contribution in [0.2, 0.25) is 4.34 Å². The molecule has 0 unspecified atom stereocenters. The molecule has 0 spiro atoms. The summed E-state index contributed by atoms with van der Waals surface area (Å²) in [6, 6.07) is 3.14. The van der Waals surface area contributed by atoms with Crippen molar-refractivity contribution in [2.45, 2.75) is 36.7 Å². The number of halogens is 1. The maximum Gasteiger partial charge on any atom is 0.252 e. The van der Waals surface area contributed by atoms with Crippen LogP contribution in [0.4, 0.5) is 0 Å². The Balaban J connectivity index is 1.54. The van der Waals surface area contributed by atoms with E-state index in [1.165, 1.54) is 4.31 Å². The zero-order chi connectivity index (χ0) is 16.4. The number of hydrogen-bond acceptors (Lipinski definition) is 7. The highest BCUT2D eigenvalue weighted by Crippen LogP contribution is 2.30. The molecule has 0 aliphatic carbocycles. The van der Waals surface area contributed by atoms with Gasteiger partial charge in [-0.05, 0) is 31.9 Å². The number of piperidine rings is 1. The minimum Gasteiger partial charge on any atom is -0.368 e. The van der Waals surface area contributed by atoms with Crippen LogP contribution >= 0.6 is 22.9 Å². The van der Waals surface area contributed by atoms with Gasteiger partial charge in [0.15, 0.2) is 5.82 Å². The van der Waals surface area contributed by atoms with E-state index in [0.29, 0.717) is 42.0 Å². The molecule has 3 rings (SSSR count). The molecule has 1 aliphatic rings. The molecule has 0 saturated carbocycles. The van der Waals surface area contributed by atoms with Crippen LogP contribution in [0.25, 0.3) is 0 Å². The fourth-order valence-electron chi connectivity index (χ4n) is 2.39. The summed E-state index contributed by atoms with van der Waals surface area (Å²) >= 11 is 6.90. The lowest BCUT2D eigenvalue weighted by Crippen LogP contribution is -2.40. The maximum atomic E-state index is 12.5. The largest absolute Gasteiger partial charge is 0.368 e. The SMILES string of the molecule is Cc1noc(COC2CCN(S(=O)(=O)c3ccc(Cl)s3)CC2)n1. The Labute approximate surface area is 143 Å². The van der Waals surface area contributed by atoms with Crippen molar-refractivity contribution < 1.29 is 17.7 Å². The lowest BCUT2D eigenvalue weighted by molar-refractivity contribution is -0.00117. The van der Waals surface area contributed by atoms with E-state index in [1.54, 1.807) is 19.1 Å². The van der Waals surface area contributed by atoms with Crippen molar-refractivity contribution in [3.63, 3.8) is 0 Å². The van der Waals surface area contributed by atoms with Crippen LogP contribution in [0.5, 0.6) is 0 Å². The number of aromatic nitrogens is 2. The third kappa shape index (κ3) is 3.92. The number of rotatable bonds is 5. The summed E-state index contributed by atoms with van der Waals surface area (Å²) in [5.74, 6) is 1.00. The van der Waals surface area contributed by atoms with Crippen molar-refractivity contribution in [1.82, 2.24) is 14.4 Å². The first-order chi connectivity index (χ1) is 10.9. The van der Waals surface area contributed by atoms with E-state index in [4.69, 9.17) is 20.9 Å². The normalized spacial score (nSPS) is 17.7. The van der Waals surface area contributed by atoms with Gasteiger partial charge in [-0.2, -0.15) is 9.29 Å². The molecule has 23 heavy (non-hydrogen) atoms. The van der Waals surface area contributed by atoms with Crippen LogP contribution < -0.4 is 0 Å². The Bertz CT molecular complexity index is 766. The molecular weight excluding hydrogens is 362 g/mol. The molecule has 1 aliphatic heterocycles. The molecule has 1 saturated heterocycles. The molecule has 10 heteroatoms. The van der Waals surface area contributed by atoms with Crippen molar-refractivity contribution >= 4 is 33.0 Å². The number of sulfonamides is 1. The highest BCUT2D eigenvalue weighted by atomic mass is 35.5. The molecule has 2 aromatic rings. The second-order valence-electron chi connectivity index (χ2n) is 5.21. The summed E-state index contributed by atoms with van der Waals surface area (Å²) < 4.78 is 37.9. The van der Waals surface area contributed by atoms with E-state index in [9.17, 15) is 8.42 Å². The fraction of sp³-hybridized carbons (Fsp3) is 0.538. The molecule has 7 nitrogen and oxygen atoms in total. The molecule has 0 radical (unpaired) electrons. The summed E-state index contributed by atoms with van der Waals surface area (Å²) in [7, 11) is -3.46. The number of ether oxygens (including phenoxy) is 1. The number of aryl methyl sites for hydroxylation is 1. The van der Waals surface area contributed by atoms with Gasteiger partial charge in [0, 0.05) is 13.1 Å². The van der Waals surface area contributed by atoms with Crippen LogP contribution in [-0.4, -0.2) is 42.1 Å². The second-order valence-corrected chi connectivity index (χ2v) is 9.09. The summed E-state index contributed by atoms with van der Waals surface area (Å²) in [6.07, 6.45) is 1.25. The highest BCUT2D eigenvalue weighted by Gasteiger charge is 2.30. The molecular formula is C13H16ClN3O4S2. The Morgan fingerprint density at radius 3 is 2.74 bits per heavy atom. The summed E-state index contributed by atoms with van der Waals surface area (Å²) in [4.78, 5) is 4.07. The Morgan fingerprint density at radius 1 is 1.43 bits per heavy atom. The van der Waals surface area contributed by atoms with Gasteiger partial charge < -0.3 is 9.26 Å². The average Bonchev–Trinajstić information content (AvgIpc) is 3.14. The number of nitrogens with zero attached hydrogens (tertiary/aromatic N) is 3. The van der Waals surface area contributed by atoms with Crippen molar-refractivity contribution in [2.24, 2.45) is 0 Å². The Hall–Kier alpha value is -1.00. The van der Waals surface area contributed by atoms with E-state index in [1.807, 2.05) is 0 Å². The van der Waals surface area contributed by atoms with Crippen LogP contribution in [0.3, 0.4) is 0 Å². The fourth-order valence-corrected chi connectivity index (χ4v) is 5.50. The third-order valence-electron chi connectivity index (χ3n) is 3.56. The van der Waals surface area contributed by atoms with Crippen LogP contribution in [0.1, 0.15) is 24.6 Å². The molecule has 0 bridgehead atoms. The van der Waals surface area contributed by atoms with E-state index >= 15 is 0 Å². The van der Waals surface area contributed by atoms with Crippen molar-refractivity contribution in [3.05, 3.63) is 28.2 Å². The average molecular weight is 378 g/mol. The zero-order valence-electron chi connectivity index (χ0n) is 12.4. The monoisotopic (exact) mass is 377 g/mol. The Kier molecular flexibility index (Phi) is 5.02. The van der Waals surface area contributed by atoms with Crippen LogP contribution in [0, 0.1) is 6.92 Å². The van der Waals surface area contributed by atoms with Crippen LogP contribution in [-0.2, 0) is 21.4 Å². The highest BCUT2D eigenvalue weighted by molar-refractivity contribution is 7.91. The van der Waals surface area contributed by atoms with Gasteiger partial charge in [-0.15, -0.1) is 11.3 Å². The van der Waals surface area contributed by atoms with Gasteiger partial charge >= 0.3 is 0 Å². The van der Waals surface area contributed by atoms with Gasteiger partial charge in [-0.3, -0.25) is 0 Å². The van der Waals surface area contributed by atoms with Crippen LogP contribution in [0.15, 0.2) is 20.9 Å². The van der Waals surface area contributed by atoms with E-state index < -0.39 is 10.0 Å². The smallest absolute Gasteiger partial charge is 0.252 e. The van der Waals surface area contributed by atoms with E-state index in [0.717, 1.165) is 11.3 Å². The predicted octanol–water partition coefficient (Wildman–Crippen LogP) is 2.46. The molecule has 0 N–H and O–H groups in total. The molecule has 3 heterocycles. The van der Waals surface area contributed by atoms with Gasteiger partial charge in [-0.1, -0.05) is 16.8 Å². The van der Waals surface area contributed by atoms with Gasteiger partial charge in [0.25, 0.3) is 15.9 Å². The minimum atomic E-state index is -3.46. The topological polar surface area (TPSA) is 85.5 Å². The first-order valence-electron chi connectivity index (χ1n) is 7.11. The van der Waals surface area contributed by atoms with Gasteiger partial charge in [-0.25, -0.2) is 8.42 Å². The lowest BCUT2D eigenvalue weighted by atomic mass is 10.1. The number of hydrogen-bond donors (Lipinski definition) is 0. The minimum absolute atomic E-state index is 0.0134. The molecule has 0 aromatic carbocycles. The molecule has 126 valence electrons. The number of thiophene rings is 1. The standard InChI is InChI=1S/C13H16ClN3O4S2/c1-9-15-12(21-16-9)8-20-10-4-6-17(7-5-10)23(18,19)13-3-2-11(14)22-13/h2-3,10H,4-8H2,1H3. The van der Waals surface area contributed by atoms with Crippen molar-refractivity contribution in [2.75, 3.05) is 13.1 Å².